The summed E-state index contributed by atoms with van der Waals surface area (Å²) in [4.78, 5) is 8.46. The zero-order valence-corrected chi connectivity index (χ0v) is 17.6. The summed E-state index contributed by atoms with van der Waals surface area (Å²) in [5.41, 5.74) is 1.43. The summed E-state index contributed by atoms with van der Waals surface area (Å²) < 4.78 is 47.7. The average molecular weight is 427 g/mol. The minimum Gasteiger partial charge on any atom is -0.484 e. The highest BCUT2D eigenvalue weighted by atomic mass is 19.4. The summed E-state index contributed by atoms with van der Waals surface area (Å²) in [5, 5.41) is 10.2. The van der Waals surface area contributed by atoms with E-state index in [-0.39, 0.29) is 18.2 Å². The maximum absolute atomic E-state index is 12.5. The molecule has 0 bridgehead atoms. The summed E-state index contributed by atoms with van der Waals surface area (Å²) in [6.45, 7) is 5.36. The van der Waals surface area contributed by atoms with Crippen molar-refractivity contribution < 1.29 is 22.4 Å². The largest absolute Gasteiger partial charge is 0.484 e. The number of nitrogens with one attached hydrogen (secondary N) is 2. The summed E-state index contributed by atoms with van der Waals surface area (Å²) in [7, 11) is 1.62. The Kier molecular flexibility index (Phi) is 8.49. The number of halogens is 3. The molecule has 7 nitrogen and oxygen atoms in total. The van der Waals surface area contributed by atoms with Crippen LogP contribution >= 0.6 is 0 Å². The van der Waals surface area contributed by atoms with E-state index >= 15 is 0 Å². The molecule has 0 spiro atoms. The maximum atomic E-state index is 12.5. The number of hydrogen-bond donors (Lipinski definition) is 2. The zero-order chi connectivity index (χ0) is 22.1. The average Bonchev–Trinajstić information content (AvgIpc) is 3.15. The highest BCUT2D eigenvalue weighted by Gasteiger charge is 2.28. The molecule has 2 N–H and O–H groups in total. The number of guanidine groups is 1. The van der Waals surface area contributed by atoms with Crippen molar-refractivity contribution in [1.82, 2.24) is 20.8 Å². The zero-order valence-electron chi connectivity index (χ0n) is 17.6. The van der Waals surface area contributed by atoms with Crippen molar-refractivity contribution in [2.45, 2.75) is 52.3 Å². The van der Waals surface area contributed by atoms with Crippen LogP contribution in [0.4, 0.5) is 13.2 Å². The molecule has 2 aromatic rings. The van der Waals surface area contributed by atoms with Gasteiger partial charge in [0.25, 0.3) is 0 Å². The van der Waals surface area contributed by atoms with Gasteiger partial charge >= 0.3 is 6.18 Å². The van der Waals surface area contributed by atoms with Gasteiger partial charge in [-0.15, -0.1) is 0 Å². The lowest BCUT2D eigenvalue weighted by Crippen LogP contribution is -2.37. The predicted molar refractivity (Wildman–Crippen MR) is 108 cm³/mol. The Balaban J connectivity index is 1.82. The quantitative estimate of drug-likeness (QED) is 0.360. The molecule has 0 aliphatic rings. The van der Waals surface area contributed by atoms with Crippen molar-refractivity contribution in [3.63, 3.8) is 0 Å². The molecule has 1 aromatic heterocycles. The number of nitrogens with zero attached hydrogens (tertiary/aromatic N) is 3. The number of rotatable bonds is 9. The summed E-state index contributed by atoms with van der Waals surface area (Å²) >= 11 is 0. The van der Waals surface area contributed by atoms with Gasteiger partial charge in [0.1, 0.15) is 5.75 Å². The summed E-state index contributed by atoms with van der Waals surface area (Å²) in [6, 6.07) is 5.15. The minimum absolute atomic E-state index is 0.202. The van der Waals surface area contributed by atoms with Crippen LogP contribution in [-0.2, 0) is 13.0 Å². The van der Waals surface area contributed by atoms with Crippen LogP contribution < -0.4 is 15.4 Å². The second kappa shape index (κ2) is 10.8. The van der Waals surface area contributed by atoms with Gasteiger partial charge in [0.2, 0.25) is 5.89 Å². The van der Waals surface area contributed by atoms with Crippen molar-refractivity contribution in [3.05, 3.63) is 41.0 Å². The molecule has 0 saturated heterocycles. The first-order valence-electron chi connectivity index (χ1n) is 9.74. The van der Waals surface area contributed by atoms with Crippen molar-refractivity contribution in [1.29, 1.82) is 0 Å². The molecule has 1 aromatic carbocycles. The van der Waals surface area contributed by atoms with E-state index in [0.29, 0.717) is 36.2 Å². The van der Waals surface area contributed by atoms with E-state index in [4.69, 9.17) is 9.26 Å². The molecular weight excluding hydrogens is 399 g/mol. The third kappa shape index (κ3) is 7.92. The van der Waals surface area contributed by atoms with E-state index in [9.17, 15) is 13.2 Å². The molecule has 0 unspecified atom stereocenters. The van der Waals surface area contributed by atoms with Crippen molar-refractivity contribution >= 4 is 5.96 Å². The molecule has 0 aliphatic heterocycles. The highest BCUT2D eigenvalue weighted by molar-refractivity contribution is 5.79. The molecule has 0 saturated carbocycles. The number of aliphatic imine (C=N–C) groups is 1. The lowest BCUT2D eigenvalue weighted by atomic mass is 10.1. The molecule has 0 atom stereocenters. The topological polar surface area (TPSA) is 84.6 Å². The van der Waals surface area contributed by atoms with Crippen LogP contribution in [-0.4, -0.2) is 42.5 Å². The molecule has 0 radical (unpaired) electrons. The van der Waals surface area contributed by atoms with E-state index in [1.54, 1.807) is 26.1 Å². The fourth-order valence-corrected chi connectivity index (χ4v) is 2.55. The molecule has 0 aliphatic carbocycles. The van der Waals surface area contributed by atoms with E-state index < -0.39 is 12.8 Å². The summed E-state index contributed by atoms with van der Waals surface area (Å²) in [6.07, 6.45) is -3.00. The van der Waals surface area contributed by atoms with Gasteiger partial charge in [-0.25, -0.2) is 0 Å². The first-order chi connectivity index (χ1) is 14.2. The Hall–Kier alpha value is -2.78. The summed E-state index contributed by atoms with van der Waals surface area (Å²) in [5.74, 6) is 2.24. The first-order valence-corrected chi connectivity index (χ1v) is 9.74. The second-order valence-corrected chi connectivity index (χ2v) is 7.17. The molecule has 2 rings (SSSR count). The van der Waals surface area contributed by atoms with Gasteiger partial charge in [-0.3, -0.25) is 4.99 Å². The highest BCUT2D eigenvalue weighted by Crippen LogP contribution is 2.23. The van der Waals surface area contributed by atoms with Crippen LogP contribution in [0.3, 0.4) is 0 Å². The van der Waals surface area contributed by atoms with Gasteiger partial charge in [0, 0.05) is 38.0 Å². The standard InChI is InChI=1S/C20H28F3N5O2/c1-13(2)18-27-17(30-28-18)6-5-9-25-19(24-4)26-11-15-8-7-14(3)10-16(15)29-12-20(21,22)23/h7-8,10,13H,5-6,9,11-12H2,1-4H3,(H2,24,25,26). The SMILES string of the molecule is CN=C(NCCCc1nc(C(C)C)no1)NCc1ccc(C)cc1OCC(F)(F)F. The van der Waals surface area contributed by atoms with E-state index in [1.165, 1.54) is 0 Å². The van der Waals surface area contributed by atoms with Gasteiger partial charge < -0.3 is 19.9 Å². The van der Waals surface area contributed by atoms with E-state index in [0.717, 1.165) is 12.0 Å². The normalized spacial score (nSPS) is 12.3. The van der Waals surface area contributed by atoms with Crippen LogP contribution in [0.15, 0.2) is 27.7 Å². The molecule has 30 heavy (non-hydrogen) atoms. The third-order valence-electron chi connectivity index (χ3n) is 4.14. The van der Waals surface area contributed by atoms with Gasteiger partial charge in [0.05, 0.1) is 0 Å². The number of aromatic nitrogens is 2. The smallest absolute Gasteiger partial charge is 0.422 e. The van der Waals surface area contributed by atoms with E-state index in [1.807, 2.05) is 19.9 Å². The first kappa shape index (κ1) is 23.5. The van der Waals surface area contributed by atoms with Crippen molar-refractivity contribution in [3.8, 4) is 5.75 Å². The van der Waals surface area contributed by atoms with E-state index in [2.05, 4.69) is 25.8 Å². The molecule has 1 heterocycles. The Morgan fingerprint density at radius 1 is 1.27 bits per heavy atom. The van der Waals surface area contributed by atoms with Gasteiger partial charge in [-0.2, -0.15) is 18.2 Å². The van der Waals surface area contributed by atoms with Gasteiger partial charge in [-0.05, 0) is 25.0 Å². The monoisotopic (exact) mass is 427 g/mol. The van der Waals surface area contributed by atoms with Crippen LogP contribution in [0, 0.1) is 6.92 Å². The van der Waals surface area contributed by atoms with Crippen LogP contribution in [0.25, 0.3) is 0 Å². The fraction of sp³-hybridized carbons (Fsp3) is 0.550. The second-order valence-electron chi connectivity index (χ2n) is 7.17. The minimum atomic E-state index is -4.39. The third-order valence-corrected chi connectivity index (χ3v) is 4.14. The van der Waals surface area contributed by atoms with Gasteiger partial charge in [0.15, 0.2) is 18.4 Å². The van der Waals surface area contributed by atoms with Crippen LogP contribution in [0.1, 0.15) is 49.0 Å². The Labute approximate surface area is 174 Å². The molecule has 0 amide bonds. The van der Waals surface area contributed by atoms with Crippen LogP contribution in [0.5, 0.6) is 5.75 Å². The lowest BCUT2D eigenvalue weighted by Gasteiger charge is -2.16. The number of aryl methyl sites for hydroxylation is 2. The van der Waals surface area contributed by atoms with Crippen molar-refractivity contribution in [2.24, 2.45) is 4.99 Å². The number of ether oxygens (including phenoxy) is 1. The van der Waals surface area contributed by atoms with Gasteiger partial charge in [-0.1, -0.05) is 31.1 Å². The number of hydrogen-bond acceptors (Lipinski definition) is 5. The maximum Gasteiger partial charge on any atom is 0.422 e. The Morgan fingerprint density at radius 3 is 2.67 bits per heavy atom. The molecular formula is C20H28F3N5O2. The number of benzene rings is 1. The number of alkyl halides is 3. The Morgan fingerprint density at radius 2 is 2.03 bits per heavy atom. The molecule has 0 fully saturated rings. The Bertz CT molecular complexity index is 834. The molecule has 10 heteroatoms. The fourth-order valence-electron chi connectivity index (χ4n) is 2.55. The molecule has 166 valence electrons. The lowest BCUT2D eigenvalue weighted by molar-refractivity contribution is -0.153. The van der Waals surface area contributed by atoms with Crippen molar-refractivity contribution in [2.75, 3.05) is 20.2 Å². The predicted octanol–water partition coefficient (Wildman–Crippen LogP) is 3.74. The van der Waals surface area contributed by atoms with Crippen LogP contribution in [0.2, 0.25) is 0 Å².